The number of nitriles is 1. The van der Waals surface area contributed by atoms with Crippen molar-refractivity contribution in [3.63, 3.8) is 0 Å². The van der Waals surface area contributed by atoms with Gasteiger partial charge in [-0.2, -0.15) is 5.26 Å². The van der Waals surface area contributed by atoms with E-state index in [-0.39, 0.29) is 5.56 Å². The molecule has 0 heterocycles. The SMILES string of the molecule is N#Cc1cccc(C(=O)NNC(=O)c2cccc(Cl)c2)c1. The average molecular weight is 300 g/mol. The second-order valence-electron chi connectivity index (χ2n) is 4.11. The largest absolute Gasteiger partial charge is 0.269 e. The number of hydrogen-bond acceptors (Lipinski definition) is 3. The fourth-order valence-electron chi connectivity index (χ4n) is 1.62. The van der Waals surface area contributed by atoms with Gasteiger partial charge in [-0.1, -0.05) is 23.7 Å². The third-order valence-electron chi connectivity index (χ3n) is 2.63. The average Bonchev–Trinajstić information content (AvgIpc) is 2.52. The Bertz CT molecular complexity index is 738. The van der Waals surface area contributed by atoms with Gasteiger partial charge in [-0.05, 0) is 36.4 Å². The van der Waals surface area contributed by atoms with Crippen LogP contribution in [-0.4, -0.2) is 11.8 Å². The van der Waals surface area contributed by atoms with Crippen LogP contribution in [0.5, 0.6) is 0 Å². The van der Waals surface area contributed by atoms with Gasteiger partial charge >= 0.3 is 0 Å². The summed E-state index contributed by atoms with van der Waals surface area (Å²) in [6.07, 6.45) is 0. The molecule has 0 aliphatic carbocycles. The minimum absolute atomic E-state index is 0.278. The summed E-state index contributed by atoms with van der Waals surface area (Å²) in [5, 5.41) is 9.20. The second-order valence-corrected chi connectivity index (χ2v) is 4.55. The molecule has 0 aliphatic heterocycles. The fourth-order valence-corrected chi connectivity index (χ4v) is 1.81. The maximum atomic E-state index is 11.9. The zero-order valence-corrected chi connectivity index (χ0v) is 11.5. The number of hydrogen-bond donors (Lipinski definition) is 2. The molecule has 0 saturated carbocycles. The Labute approximate surface area is 126 Å². The molecule has 5 nitrogen and oxygen atoms in total. The Morgan fingerprint density at radius 2 is 1.52 bits per heavy atom. The van der Waals surface area contributed by atoms with E-state index in [1.54, 1.807) is 36.4 Å². The standard InChI is InChI=1S/C15H10ClN3O2/c16-13-6-2-5-12(8-13)15(21)19-18-14(20)11-4-1-3-10(7-11)9-17/h1-8H,(H,18,20)(H,19,21). The van der Waals surface area contributed by atoms with E-state index < -0.39 is 11.8 Å². The zero-order valence-electron chi connectivity index (χ0n) is 10.8. The molecule has 104 valence electrons. The molecule has 2 amide bonds. The number of carbonyl (C=O) groups is 2. The molecule has 0 aromatic heterocycles. The van der Waals surface area contributed by atoms with Gasteiger partial charge in [-0.15, -0.1) is 0 Å². The van der Waals surface area contributed by atoms with Crippen molar-refractivity contribution in [3.05, 3.63) is 70.2 Å². The quantitative estimate of drug-likeness (QED) is 0.835. The van der Waals surface area contributed by atoms with Crippen molar-refractivity contribution in [2.24, 2.45) is 0 Å². The van der Waals surface area contributed by atoms with Gasteiger partial charge in [0, 0.05) is 16.1 Å². The van der Waals surface area contributed by atoms with Gasteiger partial charge in [0.25, 0.3) is 11.8 Å². The summed E-state index contributed by atoms with van der Waals surface area (Å²) in [7, 11) is 0. The third-order valence-corrected chi connectivity index (χ3v) is 2.87. The van der Waals surface area contributed by atoms with E-state index in [4.69, 9.17) is 16.9 Å². The van der Waals surface area contributed by atoms with Gasteiger partial charge in [0.05, 0.1) is 11.6 Å². The normalized spacial score (nSPS) is 9.52. The molecule has 0 saturated heterocycles. The Kier molecular flexibility index (Phi) is 4.54. The summed E-state index contributed by atoms with van der Waals surface area (Å²) in [4.78, 5) is 23.7. The van der Waals surface area contributed by atoms with Crippen LogP contribution in [0.1, 0.15) is 26.3 Å². The van der Waals surface area contributed by atoms with Crippen molar-refractivity contribution in [1.82, 2.24) is 10.9 Å². The van der Waals surface area contributed by atoms with Crippen LogP contribution in [0.25, 0.3) is 0 Å². The molecule has 0 radical (unpaired) electrons. The summed E-state index contributed by atoms with van der Waals surface area (Å²) in [5.41, 5.74) is 5.53. The van der Waals surface area contributed by atoms with Gasteiger partial charge in [0.1, 0.15) is 0 Å². The lowest BCUT2D eigenvalue weighted by Crippen LogP contribution is -2.41. The van der Waals surface area contributed by atoms with Crippen LogP contribution in [0, 0.1) is 11.3 Å². The number of amides is 2. The predicted octanol–water partition coefficient (Wildman–Crippen LogP) is 2.29. The lowest BCUT2D eigenvalue weighted by Gasteiger charge is -2.07. The number of carbonyl (C=O) groups excluding carboxylic acids is 2. The van der Waals surface area contributed by atoms with E-state index in [0.29, 0.717) is 16.1 Å². The molecule has 0 atom stereocenters. The van der Waals surface area contributed by atoms with Crippen molar-refractivity contribution in [2.75, 3.05) is 0 Å². The lowest BCUT2D eigenvalue weighted by molar-refractivity contribution is 0.0846. The molecule has 21 heavy (non-hydrogen) atoms. The molecule has 0 spiro atoms. The molecule has 2 rings (SSSR count). The first-order chi connectivity index (χ1) is 10.1. The number of halogens is 1. The monoisotopic (exact) mass is 299 g/mol. The van der Waals surface area contributed by atoms with Crippen LogP contribution < -0.4 is 10.9 Å². The van der Waals surface area contributed by atoms with E-state index in [0.717, 1.165) is 0 Å². The summed E-state index contributed by atoms with van der Waals surface area (Å²) in [6.45, 7) is 0. The van der Waals surface area contributed by atoms with Crippen LogP contribution in [0.2, 0.25) is 5.02 Å². The molecule has 2 aromatic rings. The van der Waals surface area contributed by atoms with E-state index in [1.807, 2.05) is 6.07 Å². The molecule has 2 aromatic carbocycles. The number of hydrazine groups is 1. The fraction of sp³-hybridized carbons (Fsp3) is 0. The molecular formula is C15H10ClN3O2. The first-order valence-electron chi connectivity index (χ1n) is 5.96. The summed E-state index contributed by atoms with van der Waals surface area (Å²) < 4.78 is 0. The number of nitrogens with zero attached hydrogens (tertiary/aromatic N) is 1. The number of benzene rings is 2. The van der Waals surface area contributed by atoms with E-state index in [2.05, 4.69) is 10.9 Å². The second kappa shape index (κ2) is 6.55. The van der Waals surface area contributed by atoms with Crippen LogP contribution in [0.3, 0.4) is 0 Å². The van der Waals surface area contributed by atoms with Crippen molar-refractivity contribution in [1.29, 1.82) is 5.26 Å². The van der Waals surface area contributed by atoms with Gasteiger partial charge in [0.15, 0.2) is 0 Å². The first kappa shape index (κ1) is 14.6. The maximum absolute atomic E-state index is 11.9. The smallest absolute Gasteiger partial charge is 0.267 e. The zero-order chi connectivity index (χ0) is 15.2. The van der Waals surface area contributed by atoms with Crippen molar-refractivity contribution in [2.45, 2.75) is 0 Å². The molecule has 0 fully saturated rings. The Hall–Kier alpha value is -2.84. The predicted molar refractivity (Wildman–Crippen MR) is 77.5 cm³/mol. The highest BCUT2D eigenvalue weighted by Crippen LogP contribution is 2.10. The van der Waals surface area contributed by atoms with Gasteiger partial charge < -0.3 is 0 Å². The van der Waals surface area contributed by atoms with Crippen molar-refractivity contribution in [3.8, 4) is 6.07 Å². The third kappa shape index (κ3) is 3.81. The van der Waals surface area contributed by atoms with Crippen molar-refractivity contribution >= 4 is 23.4 Å². The molecule has 0 bridgehead atoms. The molecule has 6 heteroatoms. The highest BCUT2D eigenvalue weighted by molar-refractivity contribution is 6.30. The van der Waals surface area contributed by atoms with Gasteiger partial charge in [-0.25, -0.2) is 0 Å². The van der Waals surface area contributed by atoms with E-state index >= 15 is 0 Å². The summed E-state index contributed by atoms with van der Waals surface area (Å²) >= 11 is 5.78. The van der Waals surface area contributed by atoms with Crippen LogP contribution in [0.4, 0.5) is 0 Å². The van der Waals surface area contributed by atoms with Gasteiger partial charge in [0.2, 0.25) is 0 Å². The van der Waals surface area contributed by atoms with Crippen LogP contribution in [-0.2, 0) is 0 Å². The summed E-state index contributed by atoms with van der Waals surface area (Å²) in [5.74, 6) is -0.996. The highest BCUT2D eigenvalue weighted by Gasteiger charge is 2.09. The molecule has 0 aliphatic rings. The Balaban J connectivity index is 2.01. The van der Waals surface area contributed by atoms with Gasteiger partial charge in [-0.3, -0.25) is 20.4 Å². The van der Waals surface area contributed by atoms with Crippen LogP contribution >= 0.6 is 11.6 Å². The topological polar surface area (TPSA) is 82.0 Å². The number of rotatable bonds is 2. The highest BCUT2D eigenvalue weighted by atomic mass is 35.5. The molecular weight excluding hydrogens is 290 g/mol. The Morgan fingerprint density at radius 1 is 0.952 bits per heavy atom. The minimum Gasteiger partial charge on any atom is -0.267 e. The van der Waals surface area contributed by atoms with Crippen molar-refractivity contribution < 1.29 is 9.59 Å². The summed E-state index contributed by atoms with van der Waals surface area (Å²) in [6, 6.07) is 14.4. The lowest BCUT2D eigenvalue weighted by atomic mass is 10.1. The number of nitrogens with one attached hydrogen (secondary N) is 2. The Morgan fingerprint density at radius 3 is 2.10 bits per heavy atom. The van der Waals surface area contributed by atoms with E-state index in [9.17, 15) is 9.59 Å². The minimum atomic E-state index is -0.512. The molecule has 0 unspecified atom stereocenters. The van der Waals surface area contributed by atoms with E-state index in [1.165, 1.54) is 12.1 Å². The maximum Gasteiger partial charge on any atom is 0.269 e. The molecule has 2 N–H and O–H groups in total. The van der Waals surface area contributed by atoms with Crippen LogP contribution in [0.15, 0.2) is 48.5 Å². The first-order valence-corrected chi connectivity index (χ1v) is 6.34.